The maximum Gasteiger partial charge on any atom is 0.131 e. The van der Waals surface area contributed by atoms with E-state index in [1.807, 2.05) is 12.1 Å². The fraction of sp³-hybridized carbons (Fsp3) is 0.333. The van der Waals surface area contributed by atoms with E-state index in [-0.39, 0.29) is 5.06 Å². The lowest BCUT2D eigenvalue weighted by molar-refractivity contribution is -0.751. The third kappa shape index (κ3) is 1.59. The van der Waals surface area contributed by atoms with E-state index in [0.717, 1.165) is 5.69 Å². The molecule has 14 heavy (non-hydrogen) atoms. The fourth-order valence-electron chi connectivity index (χ4n) is 1.79. The van der Waals surface area contributed by atoms with Gasteiger partial charge in [0.05, 0.1) is 7.05 Å². The summed E-state index contributed by atoms with van der Waals surface area (Å²) in [6, 6.07) is 5.98. The minimum atomic E-state index is 0.139. The molecule has 74 valence electrons. The Morgan fingerprint density at radius 3 is 2.36 bits per heavy atom. The Balaban J connectivity index is 2.28. The number of hydroxylamine groups is 1. The minimum absolute atomic E-state index is 0.139. The largest absolute Gasteiger partial charge is 0.629 e. The Hall–Kier alpha value is -1.12. The molecule has 1 N–H and O–H groups in total. The molecule has 0 radical (unpaired) electrons. The molecular formula is C12H15NO. The van der Waals surface area contributed by atoms with Crippen LogP contribution in [0, 0.1) is 12.1 Å². The quantitative estimate of drug-likeness (QED) is 0.556. The van der Waals surface area contributed by atoms with Gasteiger partial charge in [-0.15, -0.1) is 0 Å². The summed E-state index contributed by atoms with van der Waals surface area (Å²) in [5, 5.41) is 11.3. The first-order valence-electron chi connectivity index (χ1n) is 4.89. The number of quaternary nitrogens is 1. The van der Waals surface area contributed by atoms with Crippen molar-refractivity contribution in [3.8, 4) is 0 Å². The predicted octanol–water partition coefficient (Wildman–Crippen LogP) is 1.68. The van der Waals surface area contributed by atoms with Crippen molar-refractivity contribution in [1.29, 1.82) is 0 Å². The smallest absolute Gasteiger partial charge is 0.131 e. The van der Waals surface area contributed by atoms with Crippen molar-refractivity contribution in [2.75, 3.05) is 7.05 Å². The number of allylic oxidation sites excluding steroid dienone is 2. The molecule has 2 atom stereocenters. The van der Waals surface area contributed by atoms with Gasteiger partial charge < -0.3 is 10.3 Å². The summed E-state index contributed by atoms with van der Waals surface area (Å²) < 4.78 is 0. The van der Waals surface area contributed by atoms with E-state index in [0.29, 0.717) is 5.92 Å². The molecule has 1 aromatic carbocycles. The van der Waals surface area contributed by atoms with Gasteiger partial charge in [0.15, 0.2) is 0 Å². The molecule has 0 aliphatic heterocycles. The summed E-state index contributed by atoms with van der Waals surface area (Å²) >= 11 is 0. The Labute approximate surface area is 84.4 Å². The van der Waals surface area contributed by atoms with Crippen LogP contribution in [0.1, 0.15) is 24.0 Å². The van der Waals surface area contributed by atoms with E-state index in [9.17, 15) is 5.21 Å². The molecule has 2 heteroatoms. The number of hydrogen-bond acceptors (Lipinski definition) is 1. The van der Waals surface area contributed by atoms with E-state index in [1.54, 1.807) is 7.05 Å². The second-order valence-corrected chi connectivity index (χ2v) is 4.02. The van der Waals surface area contributed by atoms with E-state index in [2.05, 4.69) is 26.0 Å². The van der Waals surface area contributed by atoms with Gasteiger partial charge in [-0.2, -0.15) is 0 Å². The Morgan fingerprint density at radius 2 is 1.93 bits per heavy atom. The SMILES string of the molecule is CC1=CC1c1ccc([NH+](C)[O-])cc1C. The number of hydrogen-bond donors (Lipinski definition) is 1. The molecule has 0 aromatic heterocycles. The van der Waals surface area contributed by atoms with Gasteiger partial charge in [0.25, 0.3) is 0 Å². The zero-order valence-electron chi connectivity index (χ0n) is 8.79. The van der Waals surface area contributed by atoms with Crippen LogP contribution in [0.25, 0.3) is 0 Å². The molecule has 1 aliphatic carbocycles. The monoisotopic (exact) mass is 189 g/mol. The maximum absolute atomic E-state index is 11.1. The van der Waals surface area contributed by atoms with Crippen molar-refractivity contribution in [2.45, 2.75) is 19.8 Å². The molecule has 0 saturated carbocycles. The molecule has 0 heterocycles. The van der Waals surface area contributed by atoms with Gasteiger partial charge in [-0.3, -0.25) is 0 Å². The van der Waals surface area contributed by atoms with Crippen LogP contribution >= 0.6 is 0 Å². The van der Waals surface area contributed by atoms with E-state index >= 15 is 0 Å². The minimum Gasteiger partial charge on any atom is -0.629 e. The molecule has 1 aromatic rings. The fourth-order valence-corrected chi connectivity index (χ4v) is 1.79. The molecular weight excluding hydrogens is 174 g/mol. The summed E-state index contributed by atoms with van der Waals surface area (Å²) in [6.45, 7) is 4.21. The average molecular weight is 189 g/mol. The van der Waals surface area contributed by atoms with E-state index < -0.39 is 0 Å². The van der Waals surface area contributed by atoms with Gasteiger partial charge in [0.2, 0.25) is 0 Å². The van der Waals surface area contributed by atoms with Crippen molar-refractivity contribution >= 4 is 5.69 Å². The number of nitrogens with one attached hydrogen (secondary N) is 1. The van der Waals surface area contributed by atoms with Crippen LogP contribution in [0.3, 0.4) is 0 Å². The highest BCUT2D eigenvalue weighted by Gasteiger charge is 2.23. The molecule has 0 spiro atoms. The molecule has 2 nitrogen and oxygen atoms in total. The first-order valence-corrected chi connectivity index (χ1v) is 4.89. The van der Waals surface area contributed by atoms with Crippen molar-refractivity contribution in [3.63, 3.8) is 0 Å². The topological polar surface area (TPSA) is 27.5 Å². The van der Waals surface area contributed by atoms with Gasteiger partial charge in [-0.25, -0.2) is 0 Å². The van der Waals surface area contributed by atoms with E-state index in [1.165, 1.54) is 16.7 Å². The van der Waals surface area contributed by atoms with Crippen LogP contribution < -0.4 is 5.06 Å². The Bertz CT molecular complexity index is 393. The molecule has 1 aliphatic rings. The molecule has 0 fully saturated rings. The molecule has 0 saturated heterocycles. The molecule has 2 unspecified atom stereocenters. The predicted molar refractivity (Wildman–Crippen MR) is 57.6 cm³/mol. The summed E-state index contributed by atoms with van der Waals surface area (Å²) in [5.74, 6) is 0.538. The number of aryl methyl sites for hydroxylation is 1. The van der Waals surface area contributed by atoms with Crippen molar-refractivity contribution < 1.29 is 5.06 Å². The van der Waals surface area contributed by atoms with Gasteiger partial charge in [-0.1, -0.05) is 17.7 Å². The third-order valence-electron chi connectivity index (χ3n) is 2.82. The first kappa shape index (κ1) is 9.44. The summed E-state index contributed by atoms with van der Waals surface area (Å²) in [6.07, 6.45) is 2.25. The van der Waals surface area contributed by atoms with Crippen LogP contribution in [0.2, 0.25) is 0 Å². The zero-order valence-corrected chi connectivity index (χ0v) is 8.79. The normalized spacial score (nSPS) is 21.7. The van der Waals surface area contributed by atoms with Gasteiger partial charge in [0.1, 0.15) is 5.69 Å². The molecule has 2 rings (SSSR count). The van der Waals surface area contributed by atoms with Crippen LogP contribution in [0.15, 0.2) is 29.8 Å². The lowest BCUT2D eigenvalue weighted by Crippen LogP contribution is -2.98. The Kier molecular flexibility index (Phi) is 2.17. The maximum atomic E-state index is 11.1. The summed E-state index contributed by atoms with van der Waals surface area (Å²) in [5.41, 5.74) is 4.80. The van der Waals surface area contributed by atoms with Crippen LogP contribution in [0.5, 0.6) is 0 Å². The highest BCUT2D eigenvalue weighted by molar-refractivity contribution is 5.51. The third-order valence-corrected chi connectivity index (χ3v) is 2.82. The van der Waals surface area contributed by atoms with Gasteiger partial charge in [0, 0.05) is 12.0 Å². The zero-order chi connectivity index (χ0) is 10.3. The summed E-state index contributed by atoms with van der Waals surface area (Å²) in [4.78, 5) is 0. The van der Waals surface area contributed by atoms with Crippen molar-refractivity contribution in [3.05, 3.63) is 46.2 Å². The average Bonchev–Trinajstić information content (AvgIpc) is 2.82. The van der Waals surface area contributed by atoms with E-state index in [4.69, 9.17) is 0 Å². The van der Waals surface area contributed by atoms with Crippen LogP contribution in [-0.2, 0) is 0 Å². The lowest BCUT2D eigenvalue weighted by atomic mass is 10.0. The van der Waals surface area contributed by atoms with Crippen LogP contribution in [0.4, 0.5) is 5.69 Å². The second kappa shape index (κ2) is 3.23. The molecule has 0 amide bonds. The number of benzene rings is 1. The van der Waals surface area contributed by atoms with Gasteiger partial charge >= 0.3 is 0 Å². The highest BCUT2D eigenvalue weighted by atomic mass is 16.5. The summed E-state index contributed by atoms with van der Waals surface area (Å²) in [7, 11) is 1.61. The van der Waals surface area contributed by atoms with Crippen LogP contribution in [-0.4, -0.2) is 7.05 Å². The standard InChI is InChI=1S/C12H15NO/c1-8-6-10(13(3)14)4-5-11(8)12-7-9(12)2/h4-7,12-13H,1-3H3. The number of rotatable bonds is 2. The van der Waals surface area contributed by atoms with Crippen molar-refractivity contribution in [2.24, 2.45) is 0 Å². The second-order valence-electron chi connectivity index (χ2n) is 4.02. The van der Waals surface area contributed by atoms with Crippen molar-refractivity contribution in [1.82, 2.24) is 0 Å². The molecule has 0 bridgehead atoms. The first-order chi connectivity index (χ1) is 6.59. The Morgan fingerprint density at radius 1 is 1.29 bits per heavy atom. The van der Waals surface area contributed by atoms with Gasteiger partial charge in [-0.05, 0) is 31.0 Å². The lowest BCUT2D eigenvalue weighted by Gasteiger charge is -2.17. The highest BCUT2D eigenvalue weighted by Crippen LogP contribution is 2.40.